The smallest absolute Gasteiger partial charge is 0.332 e. The van der Waals surface area contributed by atoms with Crippen LogP contribution in [0.25, 0.3) is 0 Å². The number of nitrogens with one attached hydrogen (secondary N) is 2. The number of rotatable bonds is 2. The van der Waals surface area contributed by atoms with E-state index in [0.29, 0.717) is 35.5 Å². The number of carbonyl (C=O) groups excluding carboxylic acids is 2. The molecule has 0 radical (unpaired) electrons. The summed E-state index contributed by atoms with van der Waals surface area (Å²) in [4.78, 5) is 21.7. The van der Waals surface area contributed by atoms with Crippen molar-refractivity contribution in [3.05, 3.63) is 0 Å². The van der Waals surface area contributed by atoms with Gasteiger partial charge in [-0.1, -0.05) is 0 Å². The predicted octanol–water partition coefficient (Wildman–Crippen LogP) is -0.0431. The van der Waals surface area contributed by atoms with Gasteiger partial charge in [-0.25, -0.2) is 20.4 Å². The zero-order chi connectivity index (χ0) is 14.7. The maximum Gasteiger partial charge on any atom is 0.332 e. The van der Waals surface area contributed by atoms with Crippen LogP contribution in [0.3, 0.4) is 0 Å². The highest BCUT2D eigenvalue weighted by atomic mass is 16.2. The SMILES string of the molecule is NC(=O)N/N=C1/C[C@H]2[C@H]3C/C(=N\NC(N)=O)[C@H]4[C@@H]3C[C@@H]2[C@@H]14. The van der Waals surface area contributed by atoms with Crippen LogP contribution in [-0.2, 0) is 0 Å². The lowest BCUT2D eigenvalue weighted by Crippen LogP contribution is -2.32. The first-order chi connectivity index (χ1) is 10.1. The molecule has 8 nitrogen and oxygen atoms in total. The molecule has 0 aromatic rings. The van der Waals surface area contributed by atoms with Gasteiger partial charge in [-0.05, 0) is 42.9 Å². The average molecular weight is 290 g/mol. The first-order valence-corrected chi connectivity index (χ1v) is 7.30. The number of urea groups is 2. The Bertz CT molecular complexity index is 531. The molecule has 21 heavy (non-hydrogen) atoms. The molecule has 8 heteroatoms. The van der Waals surface area contributed by atoms with Gasteiger partial charge < -0.3 is 11.5 Å². The Morgan fingerprint density at radius 1 is 0.857 bits per heavy atom. The molecule has 112 valence electrons. The van der Waals surface area contributed by atoms with E-state index < -0.39 is 12.1 Å². The number of primary amides is 2. The minimum absolute atomic E-state index is 0.332. The Kier molecular flexibility index (Phi) is 2.51. The lowest BCUT2D eigenvalue weighted by Gasteiger charge is -2.24. The standard InChI is InChI=1S/C13H18N6O2/c14-12(20)18-16-8-2-4-5-3-9(17-19-13(15)21)11-7(5)1-6(4)10(8)11/h4-7,10-11H,1-3H2,(H3,14,18,20)(H3,15,19,21)/b16-8-,17-9+/t4-,5+,6-,7+,10-,11+/m0/s1. The van der Waals surface area contributed by atoms with Gasteiger partial charge in [0.1, 0.15) is 0 Å². The molecule has 0 aliphatic heterocycles. The summed E-state index contributed by atoms with van der Waals surface area (Å²) in [5, 5.41) is 8.43. The average Bonchev–Trinajstić information content (AvgIpc) is 3.03. The van der Waals surface area contributed by atoms with Crippen molar-refractivity contribution in [2.45, 2.75) is 19.3 Å². The summed E-state index contributed by atoms with van der Waals surface area (Å²) in [5.41, 5.74) is 17.0. The van der Waals surface area contributed by atoms with Gasteiger partial charge in [-0.3, -0.25) is 0 Å². The molecule has 2 bridgehead atoms. The van der Waals surface area contributed by atoms with Gasteiger partial charge in [0.15, 0.2) is 0 Å². The monoisotopic (exact) mass is 290 g/mol. The molecule has 0 spiro atoms. The molecule has 4 saturated carbocycles. The quantitative estimate of drug-likeness (QED) is 0.531. The molecule has 4 rings (SSSR count). The van der Waals surface area contributed by atoms with E-state index in [0.717, 1.165) is 24.3 Å². The third kappa shape index (κ3) is 1.68. The van der Waals surface area contributed by atoms with Crippen molar-refractivity contribution < 1.29 is 9.59 Å². The third-order valence-electron chi connectivity index (χ3n) is 5.78. The molecule has 4 aliphatic carbocycles. The van der Waals surface area contributed by atoms with Gasteiger partial charge in [0.25, 0.3) is 0 Å². The lowest BCUT2D eigenvalue weighted by atomic mass is 9.79. The van der Waals surface area contributed by atoms with E-state index in [2.05, 4.69) is 21.1 Å². The van der Waals surface area contributed by atoms with E-state index in [1.807, 2.05) is 0 Å². The van der Waals surface area contributed by atoms with Crippen molar-refractivity contribution in [1.82, 2.24) is 10.9 Å². The topological polar surface area (TPSA) is 135 Å². The van der Waals surface area contributed by atoms with Crippen LogP contribution < -0.4 is 22.3 Å². The van der Waals surface area contributed by atoms with Gasteiger partial charge in [-0.2, -0.15) is 10.2 Å². The number of nitrogens with two attached hydrogens (primary N) is 2. The minimum atomic E-state index is -0.634. The number of hydrogen-bond acceptors (Lipinski definition) is 4. The fourth-order valence-corrected chi connectivity index (χ4v) is 5.42. The van der Waals surface area contributed by atoms with E-state index in [4.69, 9.17) is 11.5 Å². The predicted molar refractivity (Wildman–Crippen MR) is 75.1 cm³/mol. The normalized spacial score (nSPS) is 45.5. The van der Waals surface area contributed by atoms with Crippen LogP contribution in [0.4, 0.5) is 9.59 Å². The molecule has 6 N–H and O–H groups in total. The van der Waals surface area contributed by atoms with Crippen LogP contribution in [0.15, 0.2) is 10.2 Å². The van der Waals surface area contributed by atoms with Crippen molar-refractivity contribution in [2.75, 3.05) is 0 Å². The van der Waals surface area contributed by atoms with Crippen LogP contribution >= 0.6 is 0 Å². The van der Waals surface area contributed by atoms with Crippen LogP contribution in [0, 0.1) is 35.5 Å². The molecule has 4 fully saturated rings. The molecule has 4 aliphatic rings. The molecule has 6 atom stereocenters. The second-order valence-electron chi connectivity index (χ2n) is 6.51. The zero-order valence-corrected chi connectivity index (χ0v) is 11.5. The highest BCUT2D eigenvalue weighted by Crippen LogP contribution is 2.68. The number of carbonyl (C=O) groups is 2. The summed E-state index contributed by atoms with van der Waals surface area (Å²) < 4.78 is 0. The lowest BCUT2D eigenvalue weighted by molar-refractivity contribution is 0.241. The highest BCUT2D eigenvalue weighted by Gasteiger charge is 2.67. The van der Waals surface area contributed by atoms with E-state index in [1.54, 1.807) is 0 Å². The maximum absolute atomic E-state index is 10.9. The van der Waals surface area contributed by atoms with Gasteiger partial charge in [0.05, 0.1) is 0 Å². The summed E-state index contributed by atoms with van der Waals surface area (Å²) in [6, 6.07) is -1.27. The summed E-state index contributed by atoms with van der Waals surface area (Å²) in [5.74, 6) is 3.20. The first-order valence-electron chi connectivity index (χ1n) is 7.30. The van der Waals surface area contributed by atoms with Crippen molar-refractivity contribution >= 4 is 23.5 Å². The van der Waals surface area contributed by atoms with Gasteiger partial charge in [0, 0.05) is 23.3 Å². The van der Waals surface area contributed by atoms with Gasteiger partial charge in [-0.15, -0.1) is 0 Å². The Labute approximate surface area is 121 Å². The molecule has 0 saturated heterocycles. The second kappa shape index (κ2) is 4.19. The molecule has 0 heterocycles. The maximum atomic E-state index is 10.9. The number of hydrogen-bond donors (Lipinski definition) is 4. The summed E-state index contributed by atoms with van der Waals surface area (Å²) in [6.45, 7) is 0. The minimum Gasteiger partial charge on any atom is -0.350 e. The van der Waals surface area contributed by atoms with Crippen molar-refractivity contribution in [2.24, 2.45) is 57.2 Å². The Hall–Kier alpha value is -2.12. The first kappa shape index (κ1) is 12.6. The number of nitrogens with zero attached hydrogens (tertiary/aromatic N) is 2. The van der Waals surface area contributed by atoms with Crippen molar-refractivity contribution in [1.29, 1.82) is 0 Å². The zero-order valence-electron chi connectivity index (χ0n) is 11.5. The van der Waals surface area contributed by atoms with Crippen molar-refractivity contribution in [3.8, 4) is 0 Å². The fraction of sp³-hybridized carbons (Fsp3) is 0.692. The molecule has 0 aromatic carbocycles. The molecule has 0 unspecified atom stereocenters. The Morgan fingerprint density at radius 3 is 1.67 bits per heavy atom. The Balaban J connectivity index is 1.63. The summed E-state index contributed by atoms with van der Waals surface area (Å²) in [6.07, 6.45) is 3.10. The summed E-state index contributed by atoms with van der Waals surface area (Å²) in [7, 11) is 0. The number of amides is 4. The van der Waals surface area contributed by atoms with E-state index >= 15 is 0 Å². The highest BCUT2D eigenvalue weighted by molar-refractivity contribution is 6.01. The van der Waals surface area contributed by atoms with E-state index in [-0.39, 0.29) is 0 Å². The summed E-state index contributed by atoms with van der Waals surface area (Å²) >= 11 is 0. The number of fused-ring (bicyclic) bond motifs is 2. The fourth-order valence-electron chi connectivity index (χ4n) is 5.42. The molecular formula is C13H18N6O2. The molecular weight excluding hydrogens is 272 g/mol. The molecule has 4 amide bonds. The Morgan fingerprint density at radius 2 is 1.29 bits per heavy atom. The second-order valence-corrected chi connectivity index (χ2v) is 6.51. The van der Waals surface area contributed by atoms with Crippen LogP contribution in [0.2, 0.25) is 0 Å². The van der Waals surface area contributed by atoms with Gasteiger partial charge >= 0.3 is 12.1 Å². The van der Waals surface area contributed by atoms with E-state index in [9.17, 15) is 9.59 Å². The third-order valence-corrected chi connectivity index (χ3v) is 5.78. The van der Waals surface area contributed by atoms with Crippen LogP contribution in [0.1, 0.15) is 19.3 Å². The van der Waals surface area contributed by atoms with Crippen LogP contribution in [-0.4, -0.2) is 23.5 Å². The molecule has 0 aromatic heterocycles. The largest absolute Gasteiger partial charge is 0.350 e. The van der Waals surface area contributed by atoms with Gasteiger partial charge in [0.2, 0.25) is 0 Å². The van der Waals surface area contributed by atoms with Crippen molar-refractivity contribution in [3.63, 3.8) is 0 Å². The van der Waals surface area contributed by atoms with Crippen LogP contribution in [0.5, 0.6) is 0 Å². The van der Waals surface area contributed by atoms with E-state index in [1.165, 1.54) is 6.42 Å². The number of hydrazone groups is 2.